The van der Waals surface area contributed by atoms with Crippen LogP contribution in [0.3, 0.4) is 0 Å². The number of H-pyrrole nitrogens is 1. The molecule has 2 aliphatic heterocycles. The summed E-state index contributed by atoms with van der Waals surface area (Å²) in [4.78, 5) is 26.7. The van der Waals surface area contributed by atoms with E-state index in [1.165, 1.54) is 10.9 Å². The highest BCUT2D eigenvalue weighted by atomic mass is 16.5. The monoisotopic (exact) mass is 391 g/mol. The SMILES string of the molecule is Nc1ncc2c(n1)C1(CCN(C(=O)CCc3c[nH]c4ccccc34)CC1)OCC2. The molecule has 0 atom stereocenters. The Morgan fingerprint density at radius 1 is 1.28 bits per heavy atom. The highest BCUT2D eigenvalue weighted by molar-refractivity contribution is 5.84. The van der Waals surface area contributed by atoms with Gasteiger partial charge in [0.2, 0.25) is 11.9 Å². The number of carbonyl (C=O) groups is 1. The Morgan fingerprint density at radius 3 is 2.97 bits per heavy atom. The molecule has 1 amide bonds. The lowest BCUT2D eigenvalue weighted by Gasteiger charge is -2.44. The van der Waals surface area contributed by atoms with Crippen LogP contribution in [0.15, 0.2) is 36.7 Å². The van der Waals surface area contributed by atoms with Crippen molar-refractivity contribution in [1.82, 2.24) is 19.9 Å². The van der Waals surface area contributed by atoms with Gasteiger partial charge in [-0.1, -0.05) is 18.2 Å². The van der Waals surface area contributed by atoms with Crippen molar-refractivity contribution in [2.45, 2.75) is 37.7 Å². The van der Waals surface area contributed by atoms with Crippen LogP contribution in [0.1, 0.15) is 36.1 Å². The molecule has 1 fully saturated rings. The molecule has 0 bridgehead atoms. The molecule has 150 valence electrons. The van der Waals surface area contributed by atoms with Crippen LogP contribution in [-0.4, -0.2) is 45.5 Å². The quantitative estimate of drug-likeness (QED) is 0.715. The molecule has 3 N–H and O–H groups in total. The molecule has 5 rings (SSSR count). The molecule has 2 aromatic heterocycles. The van der Waals surface area contributed by atoms with Crippen LogP contribution in [0.5, 0.6) is 0 Å². The van der Waals surface area contributed by atoms with E-state index in [-0.39, 0.29) is 11.9 Å². The minimum atomic E-state index is -0.432. The molecule has 1 saturated heterocycles. The number of fused-ring (bicyclic) bond motifs is 3. The van der Waals surface area contributed by atoms with E-state index < -0.39 is 5.60 Å². The highest BCUT2D eigenvalue weighted by Crippen LogP contribution is 2.40. The van der Waals surface area contributed by atoms with Crippen LogP contribution < -0.4 is 5.73 Å². The Bertz CT molecular complexity index is 1050. The van der Waals surface area contributed by atoms with Crippen LogP contribution in [0.4, 0.5) is 5.95 Å². The number of likely N-dealkylation sites (tertiary alicyclic amines) is 1. The van der Waals surface area contributed by atoms with Gasteiger partial charge in [-0.25, -0.2) is 9.97 Å². The number of amides is 1. The summed E-state index contributed by atoms with van der Waals surface area (Å²) in [6.07, 6.45) is 7.39. The predicted octanol–water partition coefficient (Wildman–Crippen LogP) is 2.56. The zero-order chi connectivity index (χ0) is 19.8. The number of nitrogens with one attached hydrogen (secondary N) is 1. The van der Waals surface area contributed by atoms with Gasteiger partial charge in [-0.3, -0.25) is 4.79 Å². The molecular weight excluding hydrogens is 366 g/mol. The van der Waals surface area contributed by atoms with Gasteiger partial charge in [0.05, 0.1) is 12.3 Å². The van der Waals surface area contributed by atoms with Gasteiger partial charge in [-0.15, -0.1) is 0 Å². The van der Waals surface area contributed by atoms with E-state index in [0.29, 0.717) is 26.1 Å². The Labute approximate surface area is 169 Å². The van der Waals surface area contributed by atoms with Crippen LogP contribution in [0, 0.1) is 0 Å². The Hall–Kier alpha value is -2.93. The number of nitrogens with zero attached hydrogens (tertiary/aromatic N) is 3. The third kappa shape index (κ3) is 3.25. The molecule has 0 radical (unpaired) electrons. The molecule has 0 unspecified atom stereocenters. The number of hydrogen-bond acceptors (Lipinski definition) is 5. The van der Waals surface area contributed by atoms with Crippen LogP contribution in [-0.2, 0) is 28.0 Å². The molecule has 1 spiro atoms. The highest BCUT2D eigenvalue weighted by Gasteiger charge is 2.43. The topological polar surface area (TPSA) is 97.1 Å². The van der Waals surface area contributed by atoms with Crippen molar-refractivity contribution in [3.8, 4) is 0 Å². The summed E-state index contributed by atoms with van der Waals surface area (Å²) in [5.74, 6) is 0.481. The van der Waals surface area contributed by atoms with E-state index in [2.05, 4.69) is 27.1 Å². The second-order valence-corrected chi connectivity index (χ2v) is 7.94. The average molecular weight is 391 g/mol. The van der Waals surface area contributed by atoms with Crippen molar-refractivity contribution in [2.75, 3.05) is 25.4 Å². The molecule has 7 nitrogen and oxygen atoms in total. The van der Waals surface area contributed by atoms with Gasteiger partial charge in [-0.2, -0.15) is 0 Å². The number of carbonyl (C=O) groups excluding carboxylic acids is 1. The largest absolute Gasteiger partial charge is 0.368 e. The zero-order valence-electron chi connectivity index (χ0n) is 16.4. The first-order valence-corrected chi connectivity index (χ1v) is 10.2. The number of para-hydroxylation sites is 1. The van der Waals surface area contributed by atoms with Gasteiger partial charge in [0.1, 0.15) is 5.60 Å². The van der Waals surface area contributed by atoms with Gasteiger partial charge in [-0.05, 0) is 42.9 Å². The van der Waals surface area contributed by atoms with E-state index in [4.69, 9.17) is 10.5 Å². The second-order valence-electron chi connectivity index (χ2n) is 7.94. The third-order valence-corrected chi connectivity index (χ3v) is 6.27. The van der Waals surface area contributed by atoms with Gasteiger partial charge < -0.3 is 20.4 Å². The lowest BCUT2D eigenvalue weighted by Crippen LogP contribution is -2.49. The van der Waals surface area contributed by atoms with Crippen LogP contribution >= 0.6 is 0 Å². The summed E-state index contributed by atoms with van der Waals surface area (Å²) in [5.41, 5.74) is 9.74. The fourth-order valence-electron chi connectivity index (χ4n) is 4.66. The van der Waals surface area contributed by atoms with Gasteiger partial charge in [0.15, 0.2) is 0 Å². The molecule has 29 heavy (non-hydrogen) atoms. The molecule has 1 aromatic carbocycles. The Balaban J connectivity index is 1.24. The average Bonchev–Trinajstić information content (AvgIpc) is 3.16. The molecule has 0 saturated carbocycles. The second kappa shape index (κ2) is 7.15. The fraction of sp³-hybridized carbons (Fsp3) is 0.409. The number of aryl methyl sites for hydroxylation is 1. The number of hydrogen-bond donors (Lipinski definition) is 2. The smallest absolute Gasteiger partial charge is 0.222 e. The minimum Gasteiger partial charge on any atom is -0.368 e. The normalized spacial score (nSPS) is 18.1. The van der Waals surface area contributed by atoms with E-state index >= 15 is 0 Å². The number of ether oxygens (including phenoxy) is 1. The van der Waals surface area contributed by atoms with Crippen LogP contribution in [0.2, 0.25) is 0 Å². The number of anilines is 1. The predicted molar refractivity (Wildman–Crippen MR) is 110 cm³/mol. The Kier molecular flexibility index (Phi) is 4.47. The molecule has 2 aliphatic rings. The number of aromatic amines is 1. The van der Waals surface area contributed by atoms with Gasteiger partial charge in [0.25, 0.3) is 0 Å². The fourth-order valence-corrected chi connectivity index (χ4v) is 4.66. The molecule has 4 heterocycles. The Morgan fingerprint density at radius 2 is 2.10 bits per heavy atom. The summed E-state index contributed by atoms with van der Waals surface area (Å²) < 4.78 is 6.20. The number of nitrogens with two attached hydrogens (primary N) is 1. The van der Waals surface area contributed by atoms with Crippen molar-refractivity contribution in [3.63, 3.8) is 0 Å². The van der Waals surface area contributed by atoms with Crippen molar-refractivity contribution >= 4 is 22.8 Å². The molecule has 3 aromatic rings. The summed E-state index contributed by atoms with van der Waals surface area (Å²) in [7, 11) is 0. The number of rotatable bonds is 3. The first-order valence-electron chi connectivity index (χ1n) is 10.2. The zero-order valence-corrected chi connectivity index (χ0v) is 16.4. The number of aromatic nitrogens is 3. The maximum absolute atomic E-state index is 12.8. The maximum atomic E-state index is 12.8. The van der Waals surface area contributed by atoms with Crippen molar-refractivity contribution in [3.05, 3.63) is 53.5 Å². The van der Waals surface area contributed by atoms with E-state index in [9.17, 15) is 4.79 Å². The van der Waals surface area contributed by atoms with Gasteiger partial charge >= 0.3 is 0 Å². The molecule has 7 heteroatoms. The number of piperidine rings is 1. The van der Waals surface area contributed by atoms with Crippen molar-refractivity contribution in [1.29, 1.82) is 0 Å². The van der Waals surface area contributed by atoms with Crippen molar-refractivity contribution < 1.29 is 9.53 Å². The summed E-state index contributed by atoms with van der Waals surface area (Å²) in [6, 6.07) is 8.20. The first kappa shape index (κ1) is 18.1. The first-order chi connectivity index (χ1) is 14.1. The van der Waals surface area contributed by atoms with Crippen molar-refractivity contribution in [2.24, 2.45) is 0 Å². The molecular formula is C22H25N5O2. The standard InChI is InChI=1S/C22H25N5O2/c23-21-25-14-16-7-12-29-22(20(16)26-21)8-10-27(11-9-22)19(28)6-5-15-13-24-18-4-2-1-3-17(15)18/h1-4,13-14,24H,5-12H2,(H2,23,25,26). The maximum Gasteiger partial charge on any atom is 0.222 e. The molecule has 0 aliphatic carbocycles. The summed E-state index contributed by atoms with van der Waals surface area (Å²) in [5, 5.41) is 1.20. The lowest BCUT2D eigenvalue weighted by atomic mass is 9.83. The lowest BCUT2D eigenvalue weighted by molar-refractivity contribution is -0.141. The van der Waals surface area contributed by atoms with E-state index in [0.717, 1.165) is 42.5 Å². The number of benzene rings is 1. The van der Waals surface area contributed by atoms with Gasteiger partial charge in [0, 0.05) is 42.8 Å². The summed E-state index contributed by atoms with van der Waals surface area (Å²) >= 11 is 0. The van der Waals surface area contributed by atoms with Crippen LogP contribution in [0.25, 0.3) is 10.9 Å². The van der Waals surface area contributed by atoms with E-state index in [1.807, 2.05) is 29.4 Å². The van der Waals surface area contributed by atoms with E-state index in [1.54, 1.807) is 0 Å². The minimum absolute atomic E-state index is 0.198. The third-order valence-electron chi connectivity index (χ3n) is 6.27. The summed E-state index contributed by atoms with van der Waals surface area (Å²) in [6.45, 7) is 2.01. The number of nitrogen functional groups attached to an aromatic ring is 1.